The van der Waals surface area contributed by atoms with Gasteiger partial charge in [0, 0.05) is 43.3 Å². The van der Waals surface area contributed by atoms with Crippen LogP contribution in [0, 0.1) is 0 Å². The summed E-state index contributed by atoms with van der Waals surface area (Å²) in [5.41, 5.74) is 1.16. The van der Waals surface area contributed by atoms with Gasteiger partial charge in [0.1, 0.15) is 5.88 Å². The van der Waals surface area contributed by atoms with Gasteiger partial charge in [0.2, 0.25) is 5.91 Å². The molecule has 20 heavy (non-hydrogen) atoms. The maximum Gasteiger partial charge on any atom is 0.237 e. The van der Waals surface area contributed by atoms with Gasteiger partial charge in [0.25, 0.3) is 0 Å². The number of alkyl halides is 1. The van der Waals surface area contributed by atoms with E-state index in [2.05, 4.69) is 17.1 Å². The van der Waals surface area contributed by atoms with Gasteiger partial charge in [-0.25, -0.2) is 0 Å². The van der Waals surface area contributed by atoms with Gasteiger partial charge in [-0.05, 0) is 18.2 Å². The van der Waals surface area contributed by atoms with Crippen molar-refractivity contribution in [3.63, 3.8) is 0 Å². The van der Waals surface area contributed by atoms with Crippen LogP contribution in [0.2, 0.25) is 0 Å². The molecule has 0 aromatic carbocycles. The molecule has 0 radical (unpaired) electrons. The Kier molecular flexibility index (Phi) is 7.78. The lowest BCUT2D eigenvalue weighted by Crippen LogP contribution is -2.48. The van der Waals surface area contributed by atoms with Crippen molar-refractivity contribution in [1.82, 2.24) is 9.80 Å². The molecule has 0 spiro atoms. The molecule has 0 bridgehead atoms. The first-order chi connectivity index (χ1) is 9.70. The molecule has 0 atom stereocenters. The van der Waals surface area contributed by atoms with Gasteiger partial charge in [-0.15, -0.1) is 11.6 Å². The topological polar surface area (TPSA) is 23.6 Å². The molecule has 1 aliphatic heterocycles. The van der Waals surface area contributed by atoms with Crippen molar-refractivity contribution in [3.05, 3.63) is 35.0 Å². The van der Waals surface area contributed by atoms with Crippen molar-refractivity contribution in [2.75, 3.05) is 32.1 Å². The van der Waals surface area contributed by atoms with Crippen molar-refractivity contribution in [3.8, 4) is 0 Å². The molecule has 0 unspecified atom stereocenters. The number of nitrogens with zero attached hydrogens (tertiary/aromatic N) is 2. The van der Waals surface area contributed by atoms with Crippen molar-refractivity contribution in [2.45, 2.75) is 20.3 Å². The Morgan fingerprint density at radius 3 is 2.45 bits per heavy atom. The Hall–Kier alpha value is -0.930. The van der Waals surface area contributed by atoms with Crippen LogP contribution in [0.15, 0.2) is 35.0 Å². The van der Waals surface area contributed by atoms with E-state index in [1.165, 1.54) is 0 Å². The van der Waals surface area contributed by atoms with E-state index >= 15 is 0 Å². The van der Waals surface area contributed by atoms with Gasteiger partial charge < -0.3 is 9.80 Å². The number of hydrogen-bond donors (Lipinski definition) is 0. The first kappa shape index (κ1) is 17.1. The van der Waals surface area contributed by atoms with E-state index in [-0.39, 0.29) is 11.8 Å². The number of allylic oxidation sites excluding steroid dienone is 5. The first-order valence-electron chi connectivity index (χ1n) is 7.02. The second-order valence-electron chi connectivity index (χ2n) is 4.31. The minimum Gasteiger partial charge on any atom is -0.368 e. The monoisotopic (exact) mass is 316 g/mol. The molecule has 0 N–H and O–H groups in total. The number of amides is 1. The lowest BCUT2D eigenvalue weighted by Gasteiger charge is -2.36. The zero-order valence-corrected chi connectivity index (χ0v) is 13.6. The lowest BCUT2D eigenvalue weighted by atomic mass is 10.2. The highest BCUT2D eigenvalue weighted by atomic mass is 35.5. The van der Waals surface area contributed by atoms with E-state index in [1.807, 2.05) is 30.9 Å². The summed E-state index contributed by atoms with van der Waals surface area (Å²) in [7, 11) is 0. The summed E-state index contributed by atoms with van der Waals surface area (Å²) in [5.74, 6) is 0.0886. The molecular formula is C15H22Cl2N2O. The molecule has 0 aromatic heterocycles. The van der Waals surface area contributed by atoms with Crippen LogP contribution in [-0.4, -0.2) is 47.8 Å². The minimum atomic E-state index is 0.0182. The molecule has 112 valence electrons. The Morgan fingerprint density at radius 2 is 1.85 bits per heavy atom. The lowest BCUT2D eigenvalue weighted by molar-refractivity contribution is -0.129. The molecule has 1 fully saturated rings. The summed E-state index contributed by atoms with van der Waals surface area (Å²) in [5, 5.41) is 0.845. The molecule has 0 saturated carbocycles. The van der Waals surface area contributed by atoms with Crippen LogP contribution in [0.25, 0.3) is 0 Å². The average Bonchev–Trinajstić information content (AvgIpc) is 2.73. The van der Waals surface area contributed by atoms with Crippen molar-refractivity contribution >= 4 is 29.1 Å². The van der Waals surface area contributed by atoms with Crippen LogP contribution < -0.4 is 0 Å². The third-order valence-electron chi connectivity index (χ3n) is 3.15. The molecule has 1 heterocycles. The molecule has 1 aliphatic carbocycles. The Balaban J connectivity index is 0.000000956. The third-order valence-corrected chi connectivity index (χ3v) is 3.66. The predicted molar refractivity (Wildman–Crippen MR) is 86.0 cm³/mol. The second-order valence-corrected chi connectivity index (χ2v) is 5.07. The number of hydrogen-bond acceptors (Lipinski definition) is 2. The van der Waals surface area contributed by atoms with Crippen LogP contribution in [0.4, 0.5) is 0 Å². The van der Waals surface area contributed by atoms with Crippen molar-refractivity contribution < 1.29 is 4.79 Å². The van der Waals surface area contributed by atoms with Gasteiger partial charge in [-0.2, -0.15) is 0 Å². The quantitative estimate of drug-likeness (QED) is 0.729. The predicted octanol–water partition coefficient (Wildman–Crippen LogP) is 3.36. The standard InChI is InChI=1S/C13H16Cl2N2O.C2H6/c14-10-13(18)17-8-6-16(7-9-17)12-3-1-2-11(15)4-5-12;1-2/h1,3-5H,2,6-10H2;1-2H3. The van der Waals surface area contributed by atoms with Crippen molar-refractivity contribution in [2.24, 2.45) is 0 Å². The zero-order valence-electron chi connectivity index (χ0n) is 12.1. The summed E-state index contributed by atoms with van der Waals surface area (Å²) < 4.78 is 0. The highest BCUT2D eigenvalue weighted by Gasteiger charge is 2.20. The normalized spacial score (nSPS) is 18.6. The summed E-state index contributed by atoms with van der Waals surface area (Å²) in [6.45, 7) is 7.14. The zero-order chi connectivity index (χ0) is 15.0. The maximum absolute atomic E-state index is 11.5. The first-order valence-corrected chi connectivity index (χ1v) is 7.93. The molecule has 2 aliphatic rings. The maximum atomic E-state index is 11.5. The highest BCUT2D eigenvalue weighted by Crippen LogP contribution is 2.18. The highest BCUT2D eigenvalue weighted by molar-refractivity contribution is 6.29. The van der Waals surface area contributed by atoms with E-state index in [1.54, 1.807) is 0 Å². The molecule has 0 aromatic rings. The van der Waals surface area contributed by atoms with E-state index in [9.17, 15) is 4.79 Å². The fourth-order valence-electron chi connectivity index (χ4n) is 2.10. The molecular weight excluding hydrogens is 295 g/mol. The van der Waals surface area contributed by atoms with E-state index in [0.29, 0.717) is 0 Å². The summed E-state index contributed by atoms with van der Waals surface area (Å²) in [6, 6.07) is 0. The molecule has 5 heteroatoms. The van der Waals surface area contributed by atoms with Gasteiger partial charge in [0.15, 0.2) is 0 Å². The number of piperazine rings is 1. The summed E-state index contributed by atoms with van der Waals surface area (Å²) >= 11 is 11.5. The Bertz CT molecular complexity index is 408. The van der Waals surface area contributed by atoms with E-state index in [0.717, 1.165) is 43.3 Å². The molecule has 2 rings (SSSR count). The van der Waals surface area contributed by atoms with Crippen molar-refractivity contribution in [1.29, 1.82) is 0 Å². The smallest absolute Gasteiger partial charge is 0.237 e. The second kappa shape index (κ2) is 9.09. The summed E-state index contributed by atoms with van der Waals surface area (Å²) in [4.78, 5) is 15.5. The fraction of sp³-hybridized carbons (Fsp3) is 0.533. The van der Waals surface area contributed by atoms with Crippen LogP contribution in [-0.2, 0) is 4.79 Å². The Labute approximate surface area is 131 Å². The Morgan fingerprint density at radius 1 is 1.20 bits per heavy atom. The van der Waals surface area contributed by atoms with Gasteiger partial charge in [-0.1, -0.05) is 31.5 Å². The van der Waals surface area contributed by atoms with E-state index < -0.39 is 0 Å². The van der Waals surface area contributed by atoms with E-state index in [4.69, 9.17) is 23.2 Å². The van der Waals surface area contributed by atoms with Crippen LogP contribution in [0.3, 0.4) is 0 Å². The number of carbonyl (C=O) groups is 1. The minimum absolute atomic E-state index is 0.0182. The average molecular weight is 317 g/mol. The number of halogens is 2. The van der Waals surface area contributed by atoms with Crippen LogP contribution in [0.5, 0.6) is 0 Å². The van der Waals surface area contributed by atoms with Gasteiger partial charge >= 0.3 is 0 Å². The third kappa shape index (κ3) is 4.88. The van der Waals surface area contributed by atoms with Gasteiger partial charge in [-0.3, -0.25) is 4.79 Å². The van der Waals surface area contributed by atoms with Crippen LogP contribution >= 0.6 is 23.2 Å². The molecule has 3 nitrogen and oxygen atoms in total. The fourth-order valence-corrected chi connectivity index (χ4v) is 2.42. The largest absolute Gasteiger partial charge is 0.368 e. The molecule has 1 amide bonds. The SMILES string of the molecule is CC.O=C(CCl)N1CCN(C2=CC=C(Cl)CC=C2)CC1. The van der Waals surface area contributed by atoms with Crippen LogP contribution in [0.1, 0.15) is 20.3 Å². The van der Waals surface area contributed by atoms with Gasteiger partial charge in [0.05, 0.1) is 0 Å². The molecule has 1 saturated heterocycles. The number of rotatable bonds is 2. The number of carbonyl (C=O) groups excluding carboxylic acids is 1. The summed E-state index contributed by atoms with van der Waals surface area (Å²) in [6.07, 6.45) is 8.91.